The number of aromatic amines is 1. The average molecular weight is 364 g/mol. The maximum atomic E-state index is 12.8. The van der Waals surface area contributed by atoms with Crippen LogP contribution in [0.15, 0.2) is 42.6 Å². The van der Waals surface area contributed by atoms with Gasteiger partial charge in [-0.2, -0.15) is 5.10 Å². The van der Waals surface area contributed by atoms with Gasteiger partial charge in [-0.05, 0) is 48.9 Å². The molecule has 1 amide bonds. The molecule has 1 atom stereocenters. The number of aliphatic hydroxyl groups excluding tert-OH is 1. The van der Waals surface area contributed by atoms with Gasteiger partial charge in [-0.15, -0.1) is 0 Å². The van der Waals surface area contributed by atoms with Crippen molar-refractivity contribution >= 4 is 16.8 Å². The van der Waals surface area contributed by atoms with E-state index in [0.29, 0.717) is 18.5 Å². The van der Waals surface area contributed by atoms with Gasteiger partial charge < -0.3 is 10.4 Å². The SMILES string of the molecule is CCCc1cc(C(=O)N[C@@H](c2cnc3ccccc3c2)C2CC(O)C2)n[nH]1. The number of para-hydroxylation sites is 1. The second-order valence-electron chi connectivity index (χ2n) is 7.33. The normalized spacial score (nSPS) is 20.2. The Labute approximate surface area is 158 Å². The molecule has 6 heteroatoms. The van der Waals surface area contributed by atoms with Gasteiger partial charge in [0.2, 0.25) is 0 Å². The number of aliphatic hydroxyl groups is 1. The molecular weight excluding hydrogens is 340 g/mol. The molecule has 27 heavy (non-hydrogen) atoms. The molecule has 4 rings (SSSR count). The third kappa shape index (κ3) is 3.71. The minimum atomic E-state index is -0.288. The maximum Gasteiger partial charge on any atom is 0.272 e. The highest BCUT2D eigenvalue weighted by atomic mass is 16.3. The number of fused-ring (bicyclic) bond motifs is 1. The summed E-state index contributed by atoms with van der Waals surface area (Å²) < 4.78 is 0. The quantitative estimate of drug-likeness (QED) is 0.627. The first-order chi connectivity index (χ1) is 13.1. The standard InChI is InChI=1S/C21H24N4O2/c1-2-5-16-11-19(25-24-16)21(27)23-20(14-9-17(26)10-14)15-8-13-6-3-4-7-18(13)22-12-15/h3-4,6-8,11-12,14,17,20,26H,2,5,9-10H2,1H3,(H,23,27)(H,24,25)/t14?,17?,20-/m1/s1. The van der Waals surface area contributed by atoms with E-state index >= 15 is 0 Å². The monoisotopic (exact) mass is 364 g/mol. The van der Waals surface area contributed by atoms with Gasteiger partial charge in [0.1, 0.15) is 5.69 Å². The second kappa shape index (κ2) is 7.48. The topological polar surface area (TPSA) is 90.9 Å². The van der Waals surface area contributed by atoms with Gasteiger partial charge in [0.25, 0.3) is 5.91 Å². The van der Waals surface area contributed by atoms with Crippen LogP contribution in [0.2, 0.25) is 0 Å². The number of aryl methyl sites for hydroxylation is 1. The molecule has 0 bridgehead atoms. The molecule has 0 saturated heterocycles. The highest BCUT2D eigenvalue weighted by Gasteiger charge is 2.36. The van der Waals surface area contributed by atoms with Gasteiger partial charge in [0.15, 0.2) is 0 Å². The molecule has 0 unspecified atom stereocenters. The Bertz CT molecular complexity index is 946. The first-order valence-corrected chi connectivity index (χ1v) is 9.52. The van der Waals surface area contributed by atoms with Gasteiger partial charge in [-0.1, -0.05) is 31.5 Å². The van der Waals surface area contributed by atoms with E-state index in [1.165, 1.54) is 0 Å². The molecule has 1 saturated carbocycles. The predicted octanol–water partition coefficient (Wildman–Crippen LogP) is 3.15. The molecule has 140 valence electrons. The fourth-order valence-corrected chi connectivity index (χ4v) is 3.72. The fourth-order valence-electron chi connectivity index (χ4n) is 3.72. The molecule has 0 aliphatic heterocycles. The van der Waals surface area contributed by atoms with Crippen LogP contribution in [0.25, 0.3) is 10.9 Å². The smallest absolute Gasteiger partial charge is 0.272 e. The number of hydrogen-bond acceptors (Lipinski definition) is 4. The third-order valence-corrected chi connectivity index (χ3v) is 5.26. The van der Waals surface area contributed by atoms with Crippen LogP contribution in [0, 0.1) is 5.92 Å². The summed E-state index contributed by atoms with van der Waals surface area (Å²) in [5.74, 6) is -0.00545. The van der Waals surface area contributed by atoms with Crippen molar-refractivity contribution in [1.29, 1.82) is 0 Å². The molecule has 3 N–H and O–H groups in total. The van der Waals surface area contributed by atoms with Crippen molar-refractivity contribution in [3.05, 3.63) is 59.5 Å². The lowest BCUT2D eigenvalue weighted by atomic mass is 9.75. The van der Waals surface area contributed by atoms with E-state index in [4.69, 9.17) is 0 Å². The highest BCUT2D eigenvalue weighted by Crippen LogP contribution is 2.38. The van der Waals surface area contributed by atoms with Gasteiger partial charge in [-0.3, -0.25) is 14.9 Å². The summed E-state index contributed by atoms with van der Waals surface area (Å²) in [6, 6.07) is 11.6. The number of hydrogen-bond donors (Lipinski definition) is 3. The Morgan fingerprint density at radius 2 is 2.15 bits per heavy atom. The van der Waals surface area contributed by atoms with Crippen molar-refractivity contribution in [2.45, 2.75) is 44.8 Å². The fraction of sp³-hybridized carbons (Fsp3) is 0.381. The number of aromatic nitrogens is 3. The lowest BCUT2D eigenvalue weighted by molar-refractivity contribution is 0.0234. The number of pyridine rings is 1. The molecule has 1 aromatic carbocycles. The third-order valence-electron chi connectivity index (χ3n) is 5.26. The van der Waals surface area contributed by atoms with Crippen molar-refractivity contribution < 1.29 is 9.90 Å². The molecule has 2 aromatic heterocycles. The van der Waals surface area contributed by atoms with E-state index in [1.807, 2.05) is 36.5 Å². The average Bonchev–Trinajstić information content (AvgIpc) is 3.12. The number of H-pyrrole nitrogens is 1. The Morgan fingerprint density at radius 3 is 2.93 bits per heavy atom. The summed E-state index contributed by atoms with van der Waals surface area (Å²) in [5, 5.41) is 21.0. The van der Waals surface area contributed by atoms with E-state index in [9.17, 15) is 9.90 Å². The lowest BCUT2D eigenvalue weighted by Gasteiger charge is -2.38. The van der Waals surface area contributed by atoms with E-state index in [-0.39, 0.29) is 24.0 Å². The van der Waals surface area contributed by atoms with Crippen LogP contribution in [0.4, 0.5) is 0 Å². The molecule has 0 spiro atoms. The van der Waals surface area contributed by atoms with E-state index in [2.05, 4.69) is 33.5 Å². The predicted molar refractivity (Wildman–Crippen MR) is 103 cm³/mol. The van der Waals surface area contributed by atoms with Crippen LogP contribution in [-0.4, -0.2) is 32.3 Å². The van der Waals surface area contributed by atoms with Gasteiger partial charge in [-0.25, -0.2) is 0 Å². The Hall–Kier alpha value is -2.73. The number of nitrogens with zero attached hydrogens (tertiary/aromatic N) is 2. The van der Waals surface area contributed by atoms with Crippen LogP contribution in [0.5, 0.6) is 0 Å². The summed E-state index contributed by atoms with van der Waals surface area (Å²) >= 11 is 0. The summed E-state index contributed by atoms with van der Waals surface area (Å²) in [5.41, 5.74) is 3.25. The Kier molecular flexibility index (Phi) is 4.90. The molecule has 1 aliphatic carbocycles. The first-order valence-electron chi connectivity index (χ1n) is 9.52. The number of benzene rings is 1. The van der Waals surface area contributed by atoms with Crippen molar-refractivity contribution in [1.82, 2.24) is 20.5 Å². The summed E-state index contributed by atoms with van der Waals surface area (Å²) in [6.07, 6.45) is 4.76. The molecule has 1 fully saturated rings. The molecule has 0 radical (unpaired) electrons. The largest absolute Gasteiger partial charge is 0.393 e. The number of carbonyl (C=O) groups is 1. The van der Waals surface area contributed by atoms with Gasteiger partial charge in [0, 0.05) is 17.3 Å². The van der Waals surface area contributed by atoms with Crippen LogP contribution >= 0.6 is 0 Å². The van der Waals surface area contributed by atoms with Gasteiger partial charge >= 0.3 is 0 Å². The summed E-state index contributed by atoms with van der Waals surface area (Å²) in [7, 11) is 0. The highest BCUT2D eigenvalue weighted by molar-refractivity contribution is 5.92. The van der Waals surface area contributed by atoms with E-state index in [1.54, 1.807) is 0 Å². The number of carbonyl (C=O) groups excluding carboxylic acids is 1. The molecule has 3 aromatic rings. The number of rotatable bonds is 6. The minimum absolute atomic E-state index is 0.190. The Balaban J connectivity index is 1.59. The van der Waals surface area contributed by atoms with Crippen molar-refractivity contribution in [3.8, 4) is 0 Å². The zero-order valence-corrected chi connectivity index (χ0v) is 15.4. The number of amides is 1. The maximum absolute atomic E-state index is 12.8. The van der Waals surface area contributed by atoms with Crippen molar-refractivity contribution in [2.24, 2.45) is 5.92 Å². The number of nitrogens with one attached hydrogen (secondary N) is 2. The van der Waals surface area contributed by atoms with Crippen LogP contribution in [0.1, 0.15) is 54.0 Å². The lowest BCUT2D eigenvalue weighted by Crippen LogP contribution is -2.41. The van der Waals surface area contributed by atoms with Crippen LogP contribution in [-0.2, 0) is 6.42 Å². The second-order valence-corrected chi connectivity index (χ2v) is 7.33. The van der Waals surface area contributed by atoms with Crippen LogP contribution in [0.3, 0.4) is 0 Å². The first kappa shape index (κ1) is 17.7. The molecular formula is C21H24N4O2. The zero-order chi connectivity index (χ0) is 18.8. The summed E-state index contributed by atoms with van der Waals surface area (Å²) in [4.78, 5) is 17.3. The zero-order valence-electron chi connectivity index (χ0n) is 15.4. The van der Waals surface area contributed by atoms with Crippen molar-refractivity contribution in [3.63, 3.8) is 0 Å². The van der Waals surface area contributed by atoms with Crippen molar-refractivity contribution in [2.75, 3.05) is 0 Å². The van der Waals surface area contributed by atoms with Gasteiger partial charge in [0.05, 0.1) is 17.7 Å². The minimum Gasteiger partial charge on any atom is -0.393 e. The van der Waals surface area contributed by atoms with E-state index in [0.717, 1.165) is 35.0 Å². The molecule has 6 nitrogen and oxygen atoms in total. The summed E-state index contributed by atoms with van der Waals surface area (Å²) in [6.45, 7) is 2.09. The molecule has 1 aliphatic rings. The van der Waals surface area contributed by atoms with E-state index < -0.39 is 0 Å². The molecule has 2 heterocycles. The van der Waals surface area contributed by atoms with Crippen LogP contribution < -0.4 is 5.32 Å². The Morgan fingerprint density at radius 1 is 1.33 bits per heavy atom.